The van der Waals surface area contributed by atoms with Crippen molar-refractivity contribution in [2.45, 2.75) is 25.4 Å². The van der Waals surface area contributed by atoms with Crippen molar-refractivity contribution in [1.29, 1.82) is 0 Å². The first-order chi connectivity index (χ1) is 14.5. The second kappa shape index (κ2) is 9.61. The molecule has 1 atom stereocenters. The number of carbonyl (C=O) groups excluding carboxylic acids is 1. The number of rotatable bonds is 8. The molecule has 0 saturated carbocycles. The minimum atomic E-state index is -0.458. The number of likely N-dealkylation sites (N-methyl/N-ethyl adjacent to an activating group) is 1. The van der Waals surface area contributed by atoms with E-state index < -0.39 is 11.7 Å². The Hall–Kier alpha value is -3.08. The summed E-state index contributed by atoms with van der Waals surface area (Å²) in [5.74, 6) is -0.916. The molecule has 0 bridgehead atoms. The van der Waals surface area contributed by atoms with Gasteiger partial charge < -0.3 is 19.9 Å². The summed E-state index contributed by atoms with van der Waals surface area (Å²) >= 11 is 1.73. The lowest BCUT2D eigenvalue weighted by atomic mass is 10.0. The summed E-state index contributed by atoms with van der Waals surface area (Å²) in [4.78, 5) is 25.4. The lowest BCUT2D eigenvalue weighted by Gasteiger charge is -2.21. The van der Waals surface area contributed by atoms with Gasteiger partial charge in [-0.3, -0.25) is 4.79 Å². The zero-order chi connectivity index (χ0) is 21.7. The molecule has 1 amide bonds. The first-order valence-corrected chi connectivity index (χ1v) is 10.0. The normalized spacial score (nSPS) is 18.4. The van der Waals surface area contributed by atoms with Crippen LogP contribution in [-0.4, -0.2) is 60.8 Å². The highest BCUT2D eigenvalue weighted by Gasteiger charge is 2.35. The number of amides is 1. The maximum atomic E-state index is 13.8. The lowest BCUT2D eigenvalue weighted by Crippen LogP contribution is -2.30. The Labute approximate surface area is 178 Å². The number of hydrogen-bond donors (Lipinski definition) is 1. The van der Waals surface area contributed by atoms with Crippen LogP contribution in [-0.2, 0) is 21.1 Å². The number of halogens is 1. The van der Waals surface area contributed by atoms with Crippen LogP contribution < -0.4 is 5.32 Å². The largest absolute Gasteiger partial charge is 0.398 e. The summed E-state index contributed by atoms with van der Waals surface area (Å²) in [5, 5.41) is 16.6. The molecule has 2 aliphatic rings. The SMILES string of the molecule is CNC(=O)/C(=N/OC)c1ccc(F)cc1CON=CCC1=C(C)SC2N(C)C=NN12. The predicted molar refractivity (Wildman–Crippen MR) is 114 cm³/mol. The van der Waals surface area contributed by atoms with Crippen LogP contribution in [0.3, 0.4) is 0 Å². The van der Waals surface area contributed by atoms with E-state index in [1.165, 1.54) is 37.3 Å². The van der Waals surface area contributed by atoms with Crippen LogP contribution in [0.4, 0.5) is 4.39 Å². The third kappa shape index (κ3) is 4.56. The summed E-state index contributed by atoms with van der Waals surface area (Å²) in [5.41, 5.74) is 2.04. The third-order valence-corrected chi connectivity index (χ3v) is 5.81. The zero-order valence-corrected chi connectivity index (χ0v) is 17.9. The summed E-state index contributed by atoms with van der Waals surface area (Å²) in [6.07, 6.45) is 3.97. The van der Waals surface area contributed by atoms with Crippen molar-refractivity contribution in [2.75, 3.05) is 21.2 Å². The highest BCUT2D eigenvalue weighted by atomic mass is 32.2. The molecule has 1 N–H and O–H groups in total. The molecule has 0 saturated heterocycles. The maximum Gasteiger partial charge on any atom is 0.273 e. The monoisotopic (exact) mass is 434 g/mol. The van der Waals surface area contributed by atoms with Crippen LogP contribution in [0.1, 0.15) is 24.5 Å². The van der Waals surface area contributed by atoms with Gasteiger partial charge in [0, 0.05) is 42.8 Å². The van der Waals surface area contributed by atoms with Crippen LogP contribution in [0.2, 0.25) is 0 Å². The van der Waals surface area contributed by atoms with Gasteiger partial charge in [0.05, 0.1) is 5.70 Å². The molecular weight excluding hydrogens is 411 g/mol. The smallest absolute Gasteiger partial charge is 0.273 e. The van der Waals surface area contributed by atoms with Gasteiger partial charge in [-0.2, -0.15) is 5.10 Å². The van der Waals surface area contributed by atoms with E-state index >= 15 is 0 Å². The summed E-state index contributed by atoms with van der Waals surface area (Å²) in [6, 6.07) is 3.97. The number of hydrogen-bond acceptors (Lipinski definition) is 9. The molecule has 1 aromatic carbocycles. The standard InChI is InChI=1S/C19H23FN6O3S/c1-12-16(26-19(30-12)25(3)11-22-26)7-8-23-29-10-13-9-14(20)5-6-15(13)17(24-28-4)18(27)21-2/h5-6,8-9,11,19H,7,10H2,1-4H3,(H,21,27)/b23-8?,24-17+. The summed E-state index contributed by atoms with van der Waals surface area (Å²) in [6.45, 7) is 2.01. The molecule has 1 unspecified atom stereocenters. The van der Waals surface area contributed by atoms with E-state index in [0.29, 0.717) is 17.5 Å². The van der Waals surface area contributed by atoms with Gasteiger partial charge in [-0.1, -0.05) is 22.1 Å². The molecular formula is C19H23FN6O3S. The molecule has 9 nitrogen and oxygen atoms in total. The molecule has 0 fully saturated rings. The van der Waals surface area contributed by atoms with E-state index in [4.69, 9.17) is 9.68 Å². The fourth-order valence-electron chi connectivity index (χ4n) is 3.00. The number of oxime groups is 2. The number of benzene rings is 1. The molecule has 0 aliphatic carbocycles. The molecule has 3 rings (SSSR count). The number of allylic oxidation sites excluding steroid dienone is 2. The Kier molecular flexibility index (Phi) is 6.93. The molecule has 0 radical (unpaired) electrons. The molecule has 11 heteroatoms. The summed E-state index contributed by atoms with van der Waals surface area (Å²) in [7, 11) is 4.78. The van der Waals surface area contributed by atoms with Crippen molar-refractivity contribution < 1.29 is 18.9 Å². The van der Waals surface area contributed by atoms with Crippen LogP contribution in [0.5, 0.6) is 0 Å². The Morgan fingerprint density at radius 1 is 1.47 bits per heavy atom. The van der Waals surface area contributed by atoms with Crippen LogP contribution in [0.25, 0.3) is 0 Å². The summed E-state index contributed by atoms with van der Waals surface area (Å²) < 4.78 is 13.8. The fraction of sp³-hybridized carbons (Fsp3) is 0.368. The van der Waals surface area contributed by atoms with Crippen molar-refractivity contribution in [2.24, 2.45) is 15.4 Å². The average molecular weight is 434 g/mol. The minimum absolute atomic E-state index is 0.0217. The third-order valence-electron chi connectivity index (χ3n) is 4.48. The highest BCUT2D eigenvalue weighted by Crippen LogP contribution is 2.41. The van der Waals surface area contributed by atoms with E-state index in [2.05, 4.69) is 20.7 Å². The van der Waals surface area contributed by atoms with E-state index in [9.17, 15) is 9.18 Å². The molecule has 1 aromatic rings. The van der Waals surface area contributed by atoms with E-state index in [1.807, 2.05) is 23.9 Å². The Morgan fingerprint density at radius 2 is 2.27 bits per heavy atom. The van der Waals surface area contributed by atoms with E-state index in [0.717, 1.165) is 5.70 Å². The van der Waals surface area contributed by atoms with Gasteiger partial charge in [0.2, 0.25) is 0 Å². The van der Waals surface area contributed by atoms with E-state index in [-0.39, 0.29) is 17.8 Å². The first kappa shape index (κ1) is 21.6. The van der Waals surface area contributed by atoms with Gasteiger partial charge in [0.1, 0.15) is 25.9 Å². The quantitative estimate of drug-likeness (QED) is 0.499. The number of nitrogens with one attached hydrogen (secondary N) is 1. The Bertz CT molecular complexity index is 933. The van der Waals surface area contributed by atoms with Gasteiger partial charge in [0.15, 0.2) is 11.2 Å². The molecule has 0 aromatic heterocycles. The van der Waals surface area contributed by atoms with Gasteiger partial charge >= 0.3 is 0 Å². The number of nitrogens with zero attached hydrogens (tertiary/aromatic N) is 5. The number of hydrazone groups is 1. The second-order valence-electron chi connectivity index (χ2n) is 6.46. The van der Waals surface area contributed by atoms with Crippen LogP contribution in [0, 0.1) is 5.82 Å². The van der Waals surface area contributed by atoms with Crippen LogP contribution >= 0.6 is 11.8 Å². The first-order valence-electron chi connectivity index (χ1n) is 9.13. The topological polar surface area (TPSA) is 91.1 Å². The molecule has 0 spiro atoms. The van der Waals surface area contributed by atoms with Crippen molar-refractivity contribution in [3.63, 3.8) is 0 Å². The molecule has 2 heterocycles. The van der Waals surface area contributed by atoms with Crippen molar-refractivity contribution in [3.05, 3.63) is 45.7 Å². The van der Waals surface area contributed by atoms with Crippen molar-refractivity contribution >= 4 is 35.9 Å². The van der Waals surface area contributed by atoms with Gasteiger partial charge in [-0.25, -0.2) is 9.40 Å². The predicted octanol–water partition coefficient (Wildman–Crippen LogP) is 2.27. The Morgan fingerprint density at radius 3 is 3.00 bits per heavy atom. The van der Waals surface area contributed by atoms with E-state index in [1.54, 1.807) is 24.3 Å². The maximum absolute atomic E-state index is 13.8. The van der Waals surface area contributed by atoms with Gasteiger partial charge in [0.25, 0.3) is 5.91 Å². The van der Waals surface area contributed by atoms with Gasteiger partial charge in [-0.15, -0.1) is 0 Å². The fourth-order valence-corrected chi connectivity index (χ4v) is 4.13. The number of fused-ring (bicyclic) bond motifs is 1. The molecule has 160 valence electrons. The van der Waals surface area contributed by atoms with Crippen LogP contribution in [0.15, 0.2) is 44.2 Å². The zero-order valence-electron chi connectivity index (χ0n) is 17.1. The number of thioether (sulfide) groups is 1. The van der Waals surface area contributed by atoms with Crippen molar-refractivity contribution in [1.82, 2.24) is 15.2 Å². The Balaban J connectivity index is 1.66. The van der Waals surface area contributed by atoms with Gasteiger partial charge in [-0.05, 0) is 25.1 Å². The minimum Gasteiger partial charge on any atom is -0.398 e. The number of carbonyl (C=O) groups is 1. The highest BCUT2D eigenvalue weighted by molar-refractivity contribution is 8.03. The lowest BCUT2D eigenvalue weighted by molar-refractivity contribution is -0.114. The molecule has 2 aliphatic heterocycles. The second-order valence-corrected chi connectivity index (χ2v) is 7.73. The molecule has 30 heavy (non-hydrogen) atoms. The van der Waals surface area contributed by atoms with Crippen molar-refractivity contribution in [3.8, 4) is 0 Å². The average Bonchev–Trinajstić information content (AvgIpc) is 3.24.